The number of nitrogens with zero attached hydrogens (tertiary/aromatic N) is 2. The molecule has 7 nitrogen and oxygen atoms in total. The Bertz CT molecular complexity index is 756. The van der Waals surface area contributed by atoms with Gasteiger partial charge < -0.3 is 14.4 Å². The molecule has 0 aliphatic carbocycles. The molecule has 0 spiro atoms. The number of benzene rings is 1. The number of carbonyl (C=O) groups is 1. The summed E-state index contributed by atoms with van der Waals surface area (Å²) in [4.78, 5) is 26.1. The van der Waals surface area contributed by atoms with E-state index in [4.69, 9.17) is 9.47 Å². The van der Waals surface area contributed by atoms with Crippen molar-refractivity contribution in [1.29, 1.82) is 0 Å². The van der Waals surface area contributed by atoms with Crippen molar-refractivity contribution in [3.63, 3.8) is 0 Å². The Balaban J connectivity index is 1.78. The predicted octanol–water partition coefficient (Wildman–Crippen LogP) is 0.339. The van der Waals surface area contributed by atoms with Gasteiger partial charge in [0.25, 0.3) is 5.56 Å². The maximum absolute atomic E-state index is 12.5. The molecule has 1 aliphatic heterocycles. The van der Waals surface area contributed by atoms with Gasteiger partial charge >= 0.3 is 0 Å². The van der Waals surface area contributed by atoms with E-state index in [1.54, 1.807) is 24.1 Å². The number of nitrogens with one attached hydrogen (secondary N) is 1. The molecular weight excluding hydrogens is 298 g/mol. The van der Waals surface area contributed by atoms with Crippen LogP contribution in [0.1, 0.15) is 5.69 Å². The van der Waals surface area contributed by atoms with Crippen molar-refractivity contribution in [2.45, 2.75) is 12.5 Å². The molecule has 7 heteroatoms. The number of morpholine rings is 1. The third-order valence-electron chi connectivity index (χ3n) is 3.94. The van der Waals surface area contributed by atoms with Gasteiger partial charge in [0, 0.05) is 25.6 Å². The highest BCUT2D eigenvalue weighted by Crippen LogP contribution is 2.15. The van der Waals surface area contributed by atoms with Crippen LogP contribution in [0.5, 0.6) is 0 Å². The van der Waals surface area contributed by atoms with Crippen LogP contribution in [0.4, 0.5) is 0 Å². The first kappa shape index (κ1) is 15.6. The van der Waals surface area contributed by atoms with Crippen molar-refractivity contribution in [3.05, 3.63) is 40.3 Å². The standard InChI is InChI=1S/C16H19N3O4/c1-22-10-11-9-19(6-7-23-11)15(20)8-14-12-4-2-3-5-13(12)16(21)18-17-14/h2-5,11H,6-10H2,1H3,(H,18,21). The number of rotatable bonds is 4. The molecule has 1 aromatic heterocycles. The first-order valence-corrected chi connectivity index (χ1v) is 7.53. The van der Waals surface area contributed by atoms with Crippen LogP contribution in [0.15, 0.2) is 29.1 Å². The van der Waals surface area contributed by atoms with Crippen LogP contribution in [0.25, 0.3) is 10.8 Å². The van der Waals surface area contributed by atoms with E-state index in [1.807, 2.05) is 12.1 Å². The van der Waals surface area contributed by atoms with Crippen molar-refractivity contribution in [1.82, 2.24) is 15.1 Å². The van der Waals surface area contributed by atoms with Crippen LogP contribution in [0.3, 0.4) is 0 Å². The van der Waals surface area contributed by atoms with E-state index in [-0.39, 0.29) is 24.0 Å². The second-order valence-electron chi connectivity index (χ2n) is 5.51. The largest absolute Gasteiger partial charge is 0.382 e. The second-order valence-corrected chi connectivity index (χ2v) is 5.51. The van der Waals surface area contributed by atoms with Gasteiger partial charge in [-0.05, 0) is 6.07 Å². The summed E-state index contributed by atoms with van der Waals surface area (Å²) in [6, 6.07) is 7.17. The number of hydrogen-bond acceptors (Lipinski definition) is 5. The fraction of sp³-hybridized carbons (Fsp3) is 0.438. The predicted molar refractivity (Wildman–Crippen MR) is 84.3 cm³/mol. The summed E-state index contributed by atoms with van der Waals surface area (Å²) < 4.78 is 10.6. The zero-order valence-electron chi connectivity index (χ0n) is 12.9. The van der Waals surface area contributed by atoms with Crippen LogP contribution in [0, 0.1) is 0 Å². The Labute approximate surface area is 133 Å². The van der Waals surface area contributed by atoms with Gasteiger partial charge in [-0.3, -0.25) is 9.59 Å². The number of ether oxygens (including phenoxy) is 2. The molecule has 2 aromatic rings. The van der Waals surface area contributed by atoms with Gasteiger partial charge in [0.05, 0.1) is 36.8 Å². The fourth-order valence-corrected chi connectivity index (χ4v) is 2.79. The van der Waals surface area contributed by atoms with Gasteiger partial charge in [-0.2, -0.15) is 5.10 Å². The molecule has 1 N–H and O–H groups in total. The number of H-pyrrole nitrogens is 1. The van der Waals surface area contributed by atoms with Crippen LogP contribution < -0.4 is 5.56 Å². The molecule has 0 bridgehead atoms. The molecule has 0 radical (unpaired) electrons. The molecule has 1 atom stereocenters. The van der Waals surface area contributed by atoms with E-state index in [9.17, 15) is 9.59 Å². The summed E-state index contributed by atoms with van der Waals surface area (Å²) in [5.74, 6) is -0.0286. The molecule has 1 aliphatic rings. The number of amides is 1. The molecule has 0 saturated carbocycles. The molecular formula is C16H19N3O4. The lowest BCUT2D eigenvalue weighted by atomic mass is 10.1. The average Bonchev–Trinajstić information content (AvgIpc) is 2.58. The topological polar surface area (TPSA) is 84.5 Å². The minimum atomic E-state index is -0.247. The molecule has 23 heavy (non-hydrogen) atoms. The summed E-state index contributed by atoms with van der Waals surface area (Å²) in [6.45, 7) is 2.03. The van der Waals surface area contributed by atoms with E-state index < -0.39 is 0 Å². The number of fused-ring (bicyclic) bond motifs is 1. The molecule has 3 rings (SSSR count). The summed E-state index contributed by atoms with van der Waals surface area (Å²) >= 11 is 0. The Morgan fingerprint density at radius 1 is 1.43 bits per heavy atom. The van der Waals surface area contributed by atoms with Crippen LogP contribution >= 0.6 is 0 Å². The molecule has 1 saturated heterocycles. The van der Waals surface area contributed by atoms with E-state index in [1.165, 1.54) is 0 Å². The van der Waals surface area contributed by atoms with Crippen molar-refractivity contribution in [2.75, 3.05) is 33.4 Å². The minimum Gasteiger partial charge on any atom is -0.382 e. The molecule has 2 heterocycles. The molecule has 1 fully saturated rings. The van der Waals surface area contributed by atoms with Crippen LogP contribution in [-0.2, 0) is 20.7 Å². The monoisotopic (exact) mass is 317 g/mol. The Hall–Kier alpha value is -2.25. The number of aromatic nitrogens is 2. The zero-order chi connectivity index (χ0) is 16.2. The van der Waals surface area contributed by atoms with E-state index in [0.29, 0.717) is 42.8 Å². The lowest BCUT2D eigenvalue weighted by Gasteiger charge is -2.32. The zero-order valence-corrected chi connectivity index (χ0v) is 12.9. The molecule has 1 aromatic carbocycles. The third kappa shape index (κ3) is 3.40. The SMILES string of the molecule is COCC1CN(C(=O)Cc2n[nH]c(=O)c3ccccc23)CCO1. The summed E-state index contributed by atoms with van der Waals surface area (Å²) in [7, 11) is 1.61. The van der Waals surface area contributed by atoms with Gasteiger partial charge in [-0.1, -0.05) is 18.2 Å². The Morgan fingerprint density at radius 3 is 3.00 bits per heavy atom. The van der Waals surface area contributed by atoms with Gasteiger partial charge in [0.15, 0.2) is 0 Å². The van der Waals surface area contributed by atoms with Crippen LogP contribution in [-0.4, -0.2) is 60.5 Å². The maximum Gasteiger partial charge on any atom is 0.272 e. The van der Waals surface area contributed by atoms with E-state index in [0.717, 1.165) is 0 Å². The van der Waals surface area contributed by atoms with Crippen molar-refractivity contribution >= 4 is 16.7 Å². The normalized spacial score (nSPS) is 18.3. The minimum absolute atomic E-state index is 0.0286. The molecule has 1 amide bonds. The van der Waals surface area contributed by atoms with Gasteiger partial charge in [0.1, 0.15) is 0 Å². The van der Waals surface area contributed by atoms with Crippen molar-refractivity contribution in [3.8, 4) is 0 Å². The van der Waals surface area contributed by atoms with E-state index >= 15 is 0 Å². The number of carbonyl (C=O) groups excluding carboxylic acids is 1. The highest BCUT2D eigenvalue weighted by molar-refractivity contribution is 5.88. The second kappa shape index (κ2) is 6.89. The first-order valence-electron chi connectivity index (χ1n) is 7.53. The van der Waals surface area contributed by atoms with E-state index in [2.05, 4.69) is 10.2 Å². The number of hydrogen-bond donors (Lipinski definition) is 1. The fourth-order valence-electron chi connectivity index (χ4n) is 2.79. The van der Waals surface area contributed by atoms with Crippen LogP contribution in [0.2, 0.25) is 0 Å². The Kier molecular flexibility index (Phi) is 4.68. The van der Waals surface area contributed by atoms with Crippen molar-refractivity contribution < 1.29 is 14.3 Å². The Morgan fingerprint density at radius 2 is 2.22 bits per heavy atom. The highest BCUT2D eigenvalue weighted by atomic mass is 16.5. The number of methoxy groups -OCH3 is 1. The smallest absolute Gasteiger partial charge is 0.272 e. The number of aromatic amines is 1. The molecule has 1 unspecified atom stereocenters. The summed E-state index contributed by atoms with van der Waals surface area (Å²) in [5, 5.41) is 7.77. The third-order valence-corrected chi connectivity index (χ3v) is 3.94. The summed E-state index contributed by atoms with van der Waals surface area (Å²) in [5.41, 5.74) is 0.336. The highest BCUT2D eigenvalue weighted by Gasteiger charge is 2.25. The summed E-state index contributed by atoms with van der Waals surface area (Å²) in [6.07, 6.45) is 0.0507. The van der Waals surface area contributed by atoms with Gasteiger partial charge in [-0.15, -0.1) is 0 Å². The van der Waals surface area contributed by atoms with Gasteiger partial charge in [-0.25, -0.2) is 5.10 Å². The lowest BCUT2D eigenvalue weighted by Crippen LogP contribution is -2.47. The maximum atomic E-state index is 12.5. The molecule has 122 valence electrons. The first-order chi connectivity index (χ1) is 11.2. The van der Waals surface area contributed by atoms with Gasteiger partial charge in [0.2, 0.25) is 5.91 Å². The average molecular weight is 317 g/mol. The quantitative estimate of drug-likeness (QED) is 0.879. The lowest BCUT2D eigenvalue weighted by molar-refractivity contribution is -0.140. The van der Waals surface area contributed by atoms with Crippen molar-refractivity contribution in [2.24, 2.45) is 0 Å².